The maximum absolute atomic E-state index is 12.6. The van der Waals surface area contributed by atoms with Crippen molar-refractivity contribution in [1.29, 1.82) is 0 Å². The number of nitro benzene ring substituents is 1. The van der Waals surface area contributed by atoms with E-state index in [1.807, 2.05) is 0 Å². The molecule has 8 heteroatoms. The number of halogens is 2. The summed E-state index contributed by atoms with van der Waals surface area (Å²) >= 11 is 0. The second kappa shape index (κ2) is 7.34. The van der Waals surface area contributed by atoms with Crippen molar-refractivity contribution in [3.05, 3.63) is 39.4 Å². The Bertz CT molecular complexity index is 585. The molecule has 0 aliphatic carbocycles. The zero-order valence-electron chi connectivity index (χ0n) is 13.5. The molecule has 1 amide bonds. The summed E-state index contributed by atoms with van der Waals surface area (Å²) in [7, 11) is 1.44. The van der Waals surface area contributed by atoms with Crippen LogP contribution in [0, 0.1) is 10.1 Å². The van der Waals surface area contributed by atoms with Crippen LogP contribution in [0.15, 0.2) is 18.2 Å². The summed E-state index contributed by atoms with van der Waals surface area (Å²) in [6, 6.07) is 3.68. The van der Waals surface area contributed by atoms with Gasteiger partial charge in [-0.2, -0.15) is 0 Å². The highest BCUT2D eigenvalue weighted by atomic mass is 19.3. The second-order valence-electron chi connectivity index (χ2n) is 6.14. The van der Waals surface area contributed by atoms with Gasteiger partial charge in [0.15, 0.2) is 0 Å². The van der Waals surface area contributed by atoms with Gasteiger partial charge in [0.2, 0.25) is 6.43 Å². The highest BCUT2D eigenvalue weighted by molar-refractivity contribution is 5.67. The van der Waals surface area contributed by atoms with Crippen molar-refractivity contribution < 1.29 is 23.2 Å². The van der Waals surface area contributed by atoms with Gasteiger partial charge in [0, 0.05) is 32.1 Å². The second-order valence-corrected chi connectivity index (χ2v) is 6.14. The molecule has 0 saturated heterocycles. The minimum Gasteiger partial charge on any atom is -0.444 e. The van der Waals surface area contributed by atoms with E-state index in [1.54, 1.807) is 20.8 Å². The zero-order valence-corrected chi connectivity index (χ0v) is 13.5. The molecule has 0 N–H and O–H groups in total. The molecule has 1 rings (SSSR count). The van der Waals surface area contributed by atoms with E-state index in [1.165, 1.54) is 30.1 Å². The van der Waals surface area contributed by atoms with Crippen molar-refractivity contribution in [2.24, 2.45) is 0 Å². The lowest BCUT2D eigenvalue weighted by molar-refractivity contribution is -0.384. The molecule has 0 fully saturated rings. The Morgan fingerprint density at radius 1 is 1.35 bits per heavy atom. The fraction of sp³-hybridized carbons (Fsp3) is 0.533. The third kappa shape index (κ3) is 6.17. The van der Waals surface area contributed by atoms with E-state index in [4.69, 9.17) is 4.74 Å². The first-order valence-corrected chi connectivity index (χ1v) is 6.98. The number of alkyl halides is 2. The highest BCUT2D eigenvalue weighted by Gasteiger charge is 2.22. The summed E-state index contributed by atoms with van der Waals surface area (Å²) < 4.78 is 30.5. The van der Waals surface area contributed by atoms with Crippen molar-refractivity contribution in [3.63, 3.8) is 0 Å². The number of nitro groups is 1. The summed E-state index contributed by atoms with van der Waals surface area (Å²) in [5.41, 5.74) is -0.343. The molecule has 0 unspecified atom stereocenters. The van der Waals surface area contributed by atoms with E-state index in [0.29, 0.717) is 5.56 Å². The van der Waals surface area contributed by atoms with Crippen LogP contribution in [0.5, 0.6) is 0 Å². The van der Waals surface area contributed by atoms with Gasteiger partial charge >= 0.3 is 6.09 Å². The molecule has 0 radical (unpaired) electrons. The Hall–Kier alpha value is -2.25. The number of rotatable bonds is 5. The first kappa shape index (κ1) is 18.8. The van der Waals surface area contributed by atoms with Crippen LogP contribution in [0.1, 0.15) is 31.9 Å². The van der Waals surface area contributed by atoms with E-state index in [2.05, 4.69) is 0 Å². The van der Waals surface area contributed by atoms with Crippen molar-refractivity contribution in [2.75, 3.05) is 7.05 Å². The minimum atomic E-state index is -2.58. The molecule has 128 valence electrons. The highest BCUT2D eigenvalue weighted by Crippen LogP contribution is 2.22. The van der Waals surface area contributed by atoms with Crippen molar-refractivity contribution >= 4 is 11.8 Å². The number of hydrogen-bond acceptors (Lipinski definition) is 4. The third-order valence-electron chi connectivity index (χ3n) is 2.89. The predicted octanol–water partition coefficient (Wildman–Crippen LogP) is 3.77. The predicted molar refractivity (Wildman–Crippen MR) is 80.5 cm³/mol. The van der Waals surface area contributed by atoms with Gasteiger partial charge in [0.05, 0.1) is 4.92 Å². The van der Waals surface area contributed by atoms with Gasteiger partial charge in [-0.1, -0.05) is 6.07 Å². The standard InChI is InChI=1S/C15H20F2N2O4/c1-15(2,3)23-14(20)18(4)9-11-7-12(19(21)22)6-5-10(11)8-13(16)17/h5-7,13H,8-9H2,1-4H3. The smallest absolute Gasteiger partial charge is 0.410 e. The van der Waals surface area contributed by atoms with Gasteiger partial charge in [-0.05, 0) is 31.9 Å². The van der Waals surface area contributed by atoms with Crippen LogP contribution in [-0.2, 0) is 17.7 Å². The van der Waals surface area contributed by atoms with E-state index < -0.39 is 29.5 Å². The summed E-state index contributed by atoms with van der Waals surface area (Å²) in [6.07, 6.45) is -3.75. The lowest BCUT2D eigenvalue weighted by atomic mass is 10.0. The lowest BCUT2D eigenvalue weighted by Crippen LogP contribution is -2.34. The molecule has 6 nitrogen and oxygen atoms in total. The van der Waals surface area contributed by atoms with Gasteiger partial charge in [0.25, 0.3) is 5.69 Å². The molecule has 0 heterocycles. The molecule has 0 bridgehead atoms. The maximum Gasteiger partial charge on any atom is 0.410 e. The molecular weight excluding hydrogens is 310 g/mol. The number of benzene rings is 1. The first-order valence-electron chi connectivity index (χ1n) is 6.98. The Balaban J connectivity index is 3.01. The molecule has 0 atom stereocenters. The van der Waals surface area contributed by atoms with E-state index in [9.17, 15) is 23.7 Å². The number of hydrogen-bond donors (Lipinski definition) is 0. The van der Waals surface area contributed by atoms with Gasteiger partial charge < -0.3 is 9.64 Å². The van der Waals surface area contributed by atoms with E-state index >= 15 is 0 Å². The van der Waals surface area contributed by atoms with Gasteiger partial charge in [-0.15, -0.1) is 0 Å². The molecule has 0 aromatic heterocycles. The normalized spacial score (nSPS) is 11.4. The number of carbonyl (C=O) groups excluding carboxylic acids is 1. The summed E-state index contributed by atoms with van der Waals surface area (Å²) in [5.74, 6) is 0. The number of non-ortho nitro benzene ring substituents is 1. The summed E-state index contributed by atoms with van der Waals surface area (Å²) in [4.78, 5) is 23.4. The number of nitrogens with zero attached hydrogens (tertiary/aromatic N) is 2. The van der Waals surface area contributed by atoms with Gasteiger partial charge in [-0.25, -0.2) is 13.6 Å². The fourth-order valence-electron chi connectivity index (χ4n) is 1.90. The van der Waals surface area contributed by atoms with Crippen LogP contribution in [0.25, 0.3) is 0 Å². The SMILES string of the molecule is CN(Cc1cc([N+](=O)[O-])ccc1CC(F)F)C(=O)OC(C)(C)C. The molecule has 0 aliphatic rings. The molecule has 1 aromatic rings. The van der Waals surface area contributed by atoms with Crippen LogP contribution in [0.3, 0.4) is 0 Å². The Morgan fingerprint density at radius 3 is 2.43 bits per heavy atom. The number of carbonyl (C=O) groups is 1. The molecular formula is C15H20F2N2O4. The Kier molecular flexibility index (Phi) is 6.00. The molecule has 23 heavy (non-hydrogen) atoms. The monoisotopic (exact) mass is 330 g/mol. The van der Waals surface area contributed by atoms with E-state index in [-0.39, 0.29) is 17.8 Å². The largest absolute Gasteiger partial charge is 0.444 e. The van der Waals surface area contributed by atoms with Crippen LogP contribution in [-0.4, -0.2) is 35.0 Å². The fourth-order valence-corrected chi connectivity index (χ4v) is 1.90. The topological polar surface area (TPSA) is 72.7 Å². The minimum absolute atomic E-state index is 0.0569. The quantitative estimate of drug-likeness (QED) is 0.608. The summed E-state index contributed by atoms with van der Waals surface area (Å²) in [5, 5.41) is 10.8. The van der Waals surface area contributed by atoms with Crippen molar-refractivity contribution in [1.82, 2.24) is 4.90 Å². The van der Waals surface area contributed by atoms with Gasteiger partial charge in [-0.3, -0.25) is 10.1 Å². The summed E-state index contributed by atoms with van der Waals surface area (Å²) in [6.45, 7) is 5.05. The third-order valence-corrected chi connectivity index (χ3v) is 2.89. The Labute approximate surface area is 133 Å². The van der Waals surface area contributed by atoms with Crippen LogP contribution >= 0.6 is 0 Å². The van der Waals surface area contributed by atoms with Crippen molar-refractivity contribution in [3.8, 4) is 0 Å². The average Bonchev–Trinajstić information content (AvgIpc) is 2.37. The van der Waals surface area contributed by atoms with Crippen molar-refractivity contribution in [2.45, 2.75) is 45.8 Å². The Morgan fingerprint density at radius 2 is 1.96 bits per heavy atom. The van der Waals surface area contributed by atoms with Crippen LogP contribution in [0.2, 0.25) is 0 Å². The lowest BCUT2D eigenvalue weighted by Gasteiger charge is -2.25. The first-order chi connectivity index (χ1) is 10.5. The number of amides is 1. The molecule has 0 saturated carbocycles. The van der Waals surface area contributed by atoms with Gasteiger partial charge in [0.1, 0.15) is 5.60 Å². The zero-order chi connectivity index (χ0) is 17.8. The van der Waals surface area contributed by atoms with Crippen LogP contribution < -0.4 is 0 Å². The maximum atomic E-state index is 12.6. The molecule has 0 spiro atoms. The average molecular weight is 330 g/mol. The van der Waals surface area contributed by atoms with E-state index in [0.717, 1.165) is 0 Å². The molecule has 1 aromatic carbocycles. The number of ether oxygens (including phenoxy) is 1. The molecule has 0 aliphatic heterocycles. The van der Waals surface area contributed by atoms with Crippen LogP contribution in [0.4, 0.5) is 19.3 Å².